The molecule has 0 radical (unpaired) electrons. The van der Waals surface area contributed by atoms with Crippen LogP contribution in [-0.4, -0.2) is 57.6 Å². The van der Waals surface area contributed by atoms with E-state index < -0.39 is 0 Å². The summed E-state index contributed by atoms with van der Waals surface area (Å²) in [5.41, 5.74) is 8.72. The van der Waals surface area contributed by atoms with Crippen LogP contribution >= 0.6 is 0 Å². The highest BCUT2D eigenvalue weighted by atomic mass is 15.3. The van der Waals surface area contributed by atoms with E-state index in [1.54, 1.807) is 0 Å². The summed E-state index contributed by atoms with van der Waals surface area (Å²) in [7, 11) is 2.08. The molecule has 0 spiro atoms. The number of aryl methyl sites for hydroxylation is 1. The molecule has 2 rings (SSSR count). The minimum absolute atomic E-state index is 0.243. The summed E-state index contributed by atoms with van der Waals surface area (Å²) in [4.78, 5) is 9.80. The van der Waals surface area contributed by atoms with Crippen molar-refractivity contribution in [2.24, 2.45) is 12.8 Å². The standard InChI is InChI=1S/C16H31N5/c1-12-15(18-13(2)19(12)6)14(11-17)20-7-9-21(10-8-20)16(3,4)5/h14H,7-11,17H2,1-6H3. The molecule has 0 amide bonds. The largest absolute Gasteiger partial charge is 0.335 e. The summed E-state index contributed by atoms with van der Waals surface area (Å²) in [6, 6.07) is 0.243. The van der Waals surface area contributed by atoms with Crippen LogP contribution in [0.3, 0.4) is 0 Å². The van der Waals surface area contributed by atoms with Crippen molar-refractivity contribution in [2.45, 2.75) is 46.2 Å². The van der Waals surface area contributed by atoms with Crippen LogP contribution in [0.2, 0.25) is 0 Å². The Hall–Kier alpha value is -0.910. The minimum Gasteiger partial charge on any atom is -0.335 e. The Morgan fingerprint density at radius 2 is 1.71 bits per heavy atom. The van der Waals surface area contributed by atoms with Crippen molar-refractivity contribution in [3.8, 4) is 0 Å². The second-order valence-corrected chi connectivity index (χ2v) is 7.13. The summed E-state index contributed by atoms with van der Waals surface area (Å²) in [6.07, 6.45) is 0. The molecule has 1 fully saturated rings. The Kier molecular flexibility index (Phi) is 4.76. The molecular weight excluding hydrogens is 262 g/mol. The van der Waals surface area contributed by atoms with Gasteiger partial charge in [0.1, 0.15) is 5.82 Å². The lowest BCUT2D eigenvalue weighted by Crippen LogP contribution is -2.54. The van der Waals surface area contributed by atoms with Gasteiger partial charge in [-0.15, -0.1) is 0 Å². The molecule has 0 bridgehead atoms. The highest BCUT2D eigenvalue weighted by molar-refractivity contribution is 5.19. The number of rotatable bonds is 3. The molecule has 120 valence electrons. The first kappa shape index (κ1) is 16.5. The summed E-state index contributed by atoms with van der Waals surface area (Å²) in [5.74, 6) is 1.06. The van der Waals surface area contributed by atoms with Gasteiger partial charge in [-0.3, -0.25) is 9.80 Å². The molecule has 2 heterocycles. The number of nitrogens with two attached hydrogens (primary N) is 1. The van der Waals surface area contributed by atoms with Crippen molar-refractivity contribution in [1.82, 2.24) is 19.4 Å². The molecule has 1 aromatic rings. The third-order valence-corrected chi connectivity index (χ3v) is 4.88. The lowest BCUT2D eigenvalue weighted by atomic mass is 10.0. The Labute approximate surface area is 129 Å². The molecule has 0 aromatic carbocycles. The van der Waals surface area contributed by atoms with Gasteiger partial charge >= 0.3 is 0 Å². The number of imidazole rings is 1. The molecule has 5 nitrogen and oxygen atoms in total. The average molecular weight is 293 g/mol. The van der Waals surface area contributed by atoms with Gasteiger partial charge in [-0.05, 0) is 34.6 Å². The highest BCUT2D eigenvalue weighted by Gasteiger charge is 2.31. The Morgan fingerprint density at radius 3 is 2.10 bits per heavy atom. The molecule has 1 aromatic heterocycles. The van der Waals surface area contributed by atoms with Gasteiger partial charge in [0.15, 0.2) is 0 Å². The van der Waals surface area contributed by atoms with Crippen LogP contribution in [0, 0.1) is 13.8 Å². The van der Waals surface area contributed by atoms with Crippen LogP contribution in [0.5, 0.6) is 0 Å². The second-order valence-electron chi connectivity index (χ2n) is 7.13. The normalized spacial score (nSPS) is 20.0. The maximum atomic E-state index is 6.08. The zero-order chi connectivity index (χ0) is 15.8. The summed E-state index contributed by atoms with van der Waals surface area (Å²) in [6.45, 7) is 16.0. The van der Waals surface area contributed by atoms with Crippen LogP contribution in [-0.2, 0) is 7.05 Å². The van der Waals surface area contributed by atoms with Crippen LogP contribution in [0.15, 0.2) is 0 Å². The molecule has 1 atom stereocenters. The lowest BCUT2D eigenvalue weighted by Gasteiger charge is -2.44. The van der Waals surface area contributed by atoms with Gasteiger partial charge in [-0.2, -0.15) is 0 Å². The summed E-state index contributed by atoms with van der Waals surface area (Å²) in [5, 5.41) is 0. The molecular formula is C16H31N5. The predicted octanol–water partition coefficient (Wildman–Crippen LogP) is 1.45. The monoisotopic (exact) mass is 293 g/mol. The fourth-order valence-electron chi connectivity index (χ4n) is 3.20. The smallest absolute Gasteiger partial charge is 0.105 e. The van der Waals surface area contributed by atoms with E-state index in [2.05, 4.69) is 56.0 Å². The Balaban J connectivity index is 2.11. The number of nitrogens with zero attached hydrogens (tertiary/aromatic N) is 4. The topological polar surface area (TPSA) is 50.3 Å². The van der Waals surface area contributed by atoms with Gasteiger partial charge in [0, 0.05) is 51.0 Å². The molecule has 1 aliphatic rings. The maximum absolute atomic E-state index is 6.08. The van der Waals surface area contributed by atoms with E-state index in [0.29, 0.717) is 6.54 Å². The van der Waals surface area contributed by atoms with Crippen LogP contribution in [0.4, 0.5) is 0 Å². The van der Waals surface area contributed by atoms with Crippen molar-refractivity contribution in [2.75, 3.05) is 32.7 Å². The fourth-order valence-corrected chi connectivity index (χ4v) is 3.20. The second kappa shape index (κ2) is 6.07. The van der Waals surface area contributed by atoms with Gasteiger partial charge in [0.2, 0.25) is 0 Å². The number of aromatic nitrogens is 2. The van der Waals surface area contributed by atoms with Gasteiger partial charge in [-0.25, -0.2) is 4.98 Å². The number of hydrogen-bond donors (Lipinski definition) is 1. The average Bonchev–Trinajstić information content (AvgIpc) is 2.67. The first-order valence-electron chi connectivity index (χ1n) is 7.94. The Bertz CT molecular complexity index is 478. The van der Waals surface area contributed by atoms with Crippen molar-refractivity contribution < 1.29 is 0 Å². The molecule has 1 aliphatic heterocycles. The number of piperazine rings is 1. The maximum Gasteiger partial charge on any atom is 0.105 e. The van der Waals surface area contributed by atoms with Crippen molar-refractivity contribution >= 4 is 0 Å². The van der Waals surface area contributed by atoms with Gasteiger partial charge in [0.25, 0.3) is 0 Å². The van der Waals surface area contributed by atoms with E-state index in [0.717, 1.165) is 37.7 Å². The van der Waals surface area contributed by atoms with Gasteiger partial charge in [0.05, 0.1) is 11.7 Å². The minimum atomic E-state index is 0.243. The summed E-state index contributed by atoms with van der Waals surface area (Å²) < 4.78 is 2.16. The zero-order valence-corrected chi connectivity index (χ0v) is 14.5. The van der Waals surface area contributed by atoms with E-state index in [9.17, 15) is 0 Å². The van der Waals surface area contributed by atoms with E-state index in [1.807, 2.05) is 0 Å². The Morgan fingerprint density at radius 1 is 1.14 bits per heavy atom. The van der Waals surface area contributed by atoms with E-state index in [1.165, 1.54) is 5.69 Å². The van der Waals surface area contributed by atoms with Crippen molar-refractivity contribution in [3.63, 3.8) is 0 Å². The van der Waals surface area contributed by atoms with Crippen LogP contribution in [0.1, 0.15) is 44.0 Å². The van der Waals surface area contributed by atoms with E-state index in [4.69, 9.17) is 10.7 Å². The number of hydrogen-bond acceptors (Lipinski definition) is 4. The molecule has 5 heteroatoms. The first-order valence-corrected chi connectivity index (χ1v) is 7.94. The molecule has 21 heavy (non-hydrogen) atoms. The highest BCUT2D eigenvalue weighted by Crippen LogP contribution is 2.25. The van der Waals surface area contributed by atoms with Gasteiger partial charge in [-0.1, -0.05) is 0 Å². The molecule has 1 saturated heterocycles. The predicted molar refractivity (Wildman–Crippen MR) is 87.4 cm³/mol. The van der Waals surface area contributed by atoms with Gasteiger partial charge < -0.3 is 10.3 Å². The molecule has 0 saturated carbocycles. The van der Waals surface area contributed by atoms with Crippen LogP contribution < -0.4 is 5.73 Å². The van der Waals surface area contributed by atoms with Crippen LogP contribution in [0.25, 0.3) is 0 Å². The quantitative estimate of drug-likeness (QED) is 0.916. The third-order valence-electron chi connectivity index (χ3n) is 4.88. The molecule has 0 aliphatic carbocycles. The summed E-state index contributed by atoms with van der Waals surface area (Å²) >= 11 is 0. The molecule has 2 N–H and O–H groups in total. The van der Waals surface area contributed by atoms with E-state index >= 15 is 0 Å². The molecule has 1 unspecified atom stereocenters. The first-order chi connectivity index (χ1) is 9.75. The zero-order valence-electron chi connectivity index (χ0n) is 14.5. The third kappa shape index (κ3) is 3.30. The van der Waals surface area contributed by atoms with E-state index in [-0.39, 0.29) is 11.6 Å². The van der Waals surface area contributed by atoms with Crippen molar-refractivity contribution in [3.05, 3.63) is 17.2 Å². The SMILES string of the molecule is Cc1nc(C(CN)N2CCN(C(C)(C)C)CC2)c(C)n1C. The fraction of sp³-hybridized carbons (Fsp3) is 0.812. The lowest BCUT2D eigenvalue weighted by molar-refractivity contribution is 0.0424. The van der Waals surface area contributed by atoms with Crippen molar-refractivity contribution in [1.29, 1.82) is 0 Å².